The summed E-state index contributed by atoms with van der Waals surface area (Å²) in [7, 11) is -3.63. The molecule has 0 saturated carbocycles. The molecule has 2 aromatic carbocycles. The minimum Gasteiger partial charge on any atom is -0.467 e. The molecule has 0 radical (unpaired) electrons. The van der Waals surface area contributed by atoms with Crippen LogP contribution in [0.1, 0.15) is 54.3 Å². The minimum absolute atomic E-state index is 0.0137. The number of benzene rings is 2. The van der Waals surface area contributed by atoms with E-state index < -0.39 is 10.0 Å². The highest BCUT2D eigenvalue weighted by atomic mass is 35.5. The number of rotatable bonds is 7. The second-order valence-electron chi connectivity index (χ2n) is 9.18. The van der Waals surface area contributed by atoms with Crippen molar-refractivity contribution in [3.63, 3.8) is 0 Å². The molecule has 7 nitrogen and oxygen atoms in total. The molecular formula is C27H28ClN3O4S2. The average Bonchev–Trinajstić information content (AvgIpc) is 3.59. The van der Waals surface area contributed by atoms with E-state index in [0.29, 0.717) is 28.0 Å². The first-order chi connectivity index (χ1) is 17.8. The predicted molar refractivity (Wildman–Crippen MR) is 147 cm³/mol. The Bertz CT molecular complexity index is 1520. The van der Waals surface area contributed by atoms with E-state index in [0.717, 1.165) is 41.5 Å². The van der Waals surface area contributed by atoms with Gasteiger partial charge in [-0.3, -0.25) is 9.69 Å². The molecule has 0 bridgehead atoms. The Labute approximate surface area is 225 Å². The number of nitrogens with zero attached hydrogens (tertiary/aromatic N) is 3. The smallest absolute Gasteiger partial charge is 0.260 e. The number of amides is 1. The normalized spacial score (nSPS) is 16.8. The van der Waals surface area contributed by atoms with Crippen molar-refractivity contribution in [1.82, 2.24) is 9.29 Å². The molecule has 37 heavy (non-hydrogen) atoms. The summed E-state index contributed by atoms with van der Waals surface area (Å²) in [6, 6.07) is 13.5. The van der Waals surface area contributed by atoms with Crippen LogP contribution < -0.4 is 4.90 Å². The Morgan fingerprint density at radius 2 is 1.97 bits per heavy atom. The minimum atomic E-state index is -3.63. The third kappa shape index (κ3) is 5.05. The van der Waals surface area contributed by atoms with Gasteiger partial charge in [-0.1, -0.05) is 36.3 Å². The van der Waals surface area contributed by atoms with Gasteiger partial charge in [-0.25, -0.2) is 13.4 Å². The van der Waals surface area contributed by atoms with Crippen molar-refractivity contribution in [3.8, 4) is 0 Å². The summed E-state index contributed by atoms with van der Waals surface area (Å²) in [6.07, 6.45) is 5.12. The number of carbonyl (C=O) groups excluding carboxylic acids is 1. The van der Waals surface area contributed by atoms with Crippen LogP contribution in [-0.4, -0.2) is 36.2 Å². The first-order valence-electron chi connectivity index (χ1n) is 12.3. The molecule has 1 unspecified atom stereocenters. The maximum atomic E-state index is 13.7. The molecule has 4 aromatic rings. The number of sulfonamides is 1. The molecule has 1 amide bonds. The van der Waals surface area contributed by atoms with Gasteiger partial charge in [-0.15, -0.1) is 0 Å². The van der Waals surface area contributed by atoms with E-state index in [1.807, 2.05) is 26.0 Å². The highest BCUT2D eigenvalue weighted by Gasteiger charge is 2.33. The predicted octanol–water partition coefficient (Wildman–Crippen LogP) is 6.65. The highest BCUT2D eigenvalue weighted by Crippen LogP contribution is 2.35. The average molecular weight is 558 g/mol. The third-order valence-electron chi connectivity index (χ3n) is 6.86. The molecule has 194 valence electrons. The molecule has 0 spiro atoms. The Morgan fingerprint density at radius 1 is 1.19 bits per heavy atom. The van der Waals surface area contributed by atoms with E-state index in [9.17, 15) is 13.2 Å². The van der Waals surface area contributed by atoms with Crippen LogP contribution in [0.2, 0.25) is 5.02 Å². The van der Waals surface area contributed by atoms with Gasteiger partial charge in [0, 0.05) is 23.2 Å². The summed E-state index contributed by atoms with van der Waals surface area (Å²) in [5, 5.41) is 1.13. The van der Waals surface area contributed by atoms with E-state index in [2.05, 4.69) is 0 Å². The summed E-state index contributed by atoms with van der Waals surface area (Å²) < 4.78 is 34.8. The zero-order valence-electron chi connectivity index (χ0n) is 20.7. The molecule has 0 aliphatic carbocycles. The second kappa shape index (κ2) is 10.6. The van der Waals surface area contributed by atoms with Crippen molar-refractivity contribution in [1.29, 1.82) is 0 Å². The van der Waals surface area contributed by atoms with Crippen LogP contribution >= 0.6 is 22.9 Å². The highest BCUT2D eigenvalue weighted by molar-refractivity contribution is 7.89. The third-order valence-corrected chi connectivity index (χ3v) is 10.3. The zero-order valence-corrected chi connectivity index (χ0v) is 23.1. The largest absolute Gasteiger partial charge is 0.467 e. The van der Waals surface area contributed by atoms with E-state index in [-0.39, 0.29) is 23.4 Å². The lowest BCUT2D eigenvalue weighted by Gasteiger charge is -2.34. The van der Waals surface area contributed by atoms with Crippen LogP contribution in [0.15, 0.2) is 64.1 Å². The summed E-state index contributed by atoms with van der Waals surface area (Å²) in [4.78, 5) is 20.2. The van der Waals surface area contributed by atoms with Gasteiger partial charge in [0.25, 0.3) is 5.91 Å². The molecule has 3 heterocycles. The number of furan rings is 1. The standard InChI is InChI=1S/C27H28ClN3O4S2/c1-3-20-7-4-5-15-31(20)37(33,34)22-11-9-19(10-12-22)26(32)30(17-21-8-6-16-35-21)27-29-25-18(2)23(28)13-14-24(25)36-27/h6,8-14,16,20H,3-5,7,15,17H2,1-2H3. The van der Waals surface area contributed by atoms with Crippen LogP contribution in [0.5, 0.6) is 0 Å². The number of carbonyl (C=O) groups is 1. The molecule has 1 saturated heterocycles. The number of aromatic nitrogens is 1. The van der Waals surface area contributed by atoms with Crippen molar-refractivity contribution in [2.75, 3.05) is 11.4 Å². The van der Waals surface area contributed by atoms with Gasteiger partial charge in [-0.05, 0) is 80.3 Å². The fraction of sp³-hybridized carbons (Fsp3) is 0.333. The van der Waals surface area contributed by atoms with Crippen molar-refractivity contribution in [3.05, 3.63) is 76.7 Å². The Kier molecular flexibility index (Phi) is 7.40. The maximum absolute atomic E-state index is 13.7. The lowest BCUT2D eigenvalue weighted by Crippen LogP contribution is -2.43. The number of hydrogen-bond acceptors (Lipinski definition) is 6. The van der Waals surface area contributed by atoms with Crippen LogP contribution in [0.4, 0.5) is 5.13 Å². The summed E-state index contributed by atoms with van der Waals surface area (Å²) in [5.74, 6) is 0.310. The Morgan fingerprint density at radius 3 is 2.68 bits per heavy atom. The van der Waals surface area contributed by atoms with Gasteiger partial charge in [0.05, 0.1) is 27.9 Å². The van der Waals surface area contributed by atoms with Crippen molar-refractivity contribution in [2.45, 2.75) is 57.0 Å². The van der Waals surface area contributed by atoms with Crippen LogP contribution in [0.25, 0.3) is 10.2 Å². The van der Waals surface area contributed by atoms with Crippen LogP contribution in [-0.2, 0) is 16.6 Å². The van der Waals surface area contributed by atoms with Gasteiger partial charge in [-0.2, -0.15) is 4.31 Å². The Hall–Kier alpha value is -2.72. The number of hydrogen-bond donors (Lipinski definition) is 0. The molecular weight excluding hydrogens is 530 g/mol. The summed E-state index contributed by atoms with van der Waals surface area (Å²) >= 11 is 7.69. The van der Waals surface area contributed by atoms with Crippen molar-refractivity contribution in [2.24, 2.45) is 0 Å². The SMILES string of the molecule is CCC1CCCCN1S(=O)(=O)c1ccc(C(=O)N(Cc2ccco2)c2nc3c(C)c(Cl)ccc3s2)cc1. The van der Waals surface area contributed by atoms with Gasteiger partial charge >= 0.3 is 0 Å². The van der Waals surface area contributed by atoms with E-state index >= 15 is 0 Å². The number of thiazole rings is 1. The molecule has 0 N–H and O–H groups in total. The number of fused-ring (bicyclic) bond motifs is 1. The second-order valence-corrected chi connectivity index (χ2v) is 12.5. The Balaban J connectivity index is 1.47. The van der Waals surface area contributed by atoms with Crippen LogP contribution in [0.3, 0.4) is 0 Å². The summed E-state index contributed by atoms with van der Waals surface area (Å²) in [5.41, 5.74) is 1.97. The molecule has 1 aliphatic rings. The number of piperidine rings is 1. The van der Waals surface area contributed by atoms with E-state index in [1.165, 1.54) is 23.5 Å². The first kappa shape index (κ1) is 25.9. The van der Waals surface area contributed by atoms with Crippen molar-refractivity contribution >= 4 is 54.2 Å². The van der Waals surface area contributed by atoms with E-state index in [1.54, 1.807) is 39.7 Å². The monoisotopic (exact) mass is 557 g/mol. The molecule has 2 aromatic heterocycles. The van der Waals surface area contributed by atoms with Crippen molar-refractivity contribution < 1.29 is 17.6 Å². The molecule has 1 aliphatic heterocycles. The molecule has 1 atom stereocenters. The fourth-order valence-corrected chi connectivity index (χ4v) is 7.69. The lowest BCUT2D eigenvalue weighted by atomic mass is 10.0. The molecule has 1 fully saturated rings. The maximum Gasteiger partial charge on any atom is 0.260 e. The number of halogens is 1. The quantitative estimate of drug-likeness (QED) is 0.254. The van der Waals surface area contributed by atoms with Gasteiger partial charge in [0.15, 0.2) is 5.13 Å². The fourth-order valence-electron chi connectivity index (χ4n) is 4.75. The van der Waals surface area contributed by atoms with Crippen LogP contribution in [0, 0.1) is 6.92 Å². The lowest BCUT2D eigenvalue weighted by molar-refractivity contribution is 0.0983. The van der Waals surface area contributed by atoms with Gasteiger partial charge < -0.3 is 4.42 Å². The first-order valence-corrected chi connectivity index (χ1v) is 14.9. The summed E-state index contributed by atoms with van der Waals surface area (Å²) in [6.45, 7) is 4.63. The number of aryl methyl sites for hydroxylation is 1. The zero-order chi connectivity index (χ0) is 26.2. The van der Waals surface area contributed by atoms with E-state index in [4.69, 9.17) is 21.0 Å². The van der Waals surface area contributed by atoms with Gasteiger partial charge in [0.1, 0.15) is 5.76 Å². The topological polar surface area (TPSA) is 83.7 Å². The van der Waals surface area contributed by atoms with Gasteiger partial charge in [0.2, 0.25) is 10.0 Å². The number of anilines is 1. The molecule has 5 rings (SSSR count). The molecule has 10 heteroatoms.